The van der Waals surface area contributed by atoms with E-state index in [1.165, 1.54) is 18.9 Å². The maximum atomic E-state index is 13.2. The summed E-state index contributed by atoms with van der Waals surface area (Å²) in [5.74, 6) is 1.78. The predicted octanol–water partition coefficient (Wildman–Crippen LogP) is 5.30. The number of amides is 1. The molecule has 2 aliphatic heterocycles. The van der Waals surface area contributed by atoms with Crippen LogP contribution < -0.4 is 19.1 Å². The highest BCUT2D eigenvalue weighted by molar-refractivity contribution is 8.16. The van der Waals surface area contributed by atoms with Gasteiger partial charge in [-0.05, 0) is 60.5 Å². The van der Waals surface area contributed by atoms with Gasteiger partial charge in [-0.25, -0.2) is 8.42 Å². The fourth-order valence-corrected chi connectivity index (χ4v) is 8.82. The van der Waals surface area contributed by atoms with Crippen LogP contribution in [0.25, 0.3) is 0 Å². The summed E-state index contributed by atoms with van der Waals surface area (Å²) < 4.78 is 42.0. The first-order valence-corrected chi connectivity index (χ1v) is 15.3. The fourth-order valence-electron chi connectivity index (χ4n) is 4.73. The number of rotatable bonds is 7. The van der Waals surface area contributed by atoms with E-state index < -0.39 is 15.9 Å². The molecule has 2 aliphatic rings. The van der Waals surface area contributed by atoms with E-state index in [-0.39, 0.29) is 29.1 Å². The van der Waals surface area contributed by atoms with Crippen molar-refractivity contribution < 1.29 is 27.4 Å². The summed E-state index contributed by atoms with van der Waals surface area (Å²) in [6.45, 7) is 1.97. The number of ether oxygens (including phenoxy) is 3. The maximum Gasteiger partial charge on any atom is 0.252 e. The van der Waals surface area contributed by atoms with Crippen molar-refractivity contribution in [2.24, 2.45) is 4.99 Å². The van der Waals surface area contributed by atoms with E-state index in [9.17, 15) is 13.2 Å². The zero-order chi connectivity index (χ0) is 27.7. The van der Waals surface area contributed by atoms with Gasteiger partial charge in [-0.3, -0.25) is 4.79 Å². The van der Waals surface area contributed by atoms with Crippen molar-refractivity contribution >= 4 is 50.0 Å². The highest BCUT2D eigenvalue weighted by atomic mass is 35.5. The molecule has 5 rings (SSSR count). The van der Waals surface area contributed by atoms with Crippen LogP contribution in [0.15, 0.2) is 65.7 Å². The van der Waals surface area contributed by atoms with Gasteiger partial charge in [-0.1, -0.05) is 41.6 Å². The van der Waals surface area contributed by atoms with Gasteiger partial charge in [0.15, 0.2) is 32.3 Å². The average Bonchev–Trinajstić information content (AvgIpc) is 3.35. The molecule has 0 spiro atoms. The van der Waals surface area contributed by atoms with Crippen molar-refractivity contribution in [3.63, 3.8) is 0 Å². The molecule has 2 atom stereocenters. The predicted molar refractivity (Wildman–Crippen MR) is 155 cm³/mol. The average molecular weight is 587 g/mol. The third-order valence-corrected chi connectivity index (χ3v) is 9.93. The number of carbonyl (C=O) groups is 1. The number of thioether (sulfide) groups is 1. The molecule has 8 nitrogen and oxygen atoms in total. The quantitative estimate of drug-likeness (QED) is 0.368. The van der Waals surface area contributed by atoms with E-state index in [0.717, 1.165) is 5.56 Å². The van der Waals surface area contributed by atoms with Gasteiger partial charge < -0.3 is 19.1 Å². The molecule has 0 unspecified atom stereocenters. The molecule has 39 heavy (non-hydrogen) atoms. The molecular weight excluding hydrogens is 560 g/mol. The Morgan fingerprint density at radius 1 is 1.03 bits per heavy atom. The number of hydrogen-bond acceptors (Lipinski definition) is 7. The van der Waals surface area contributed by atoms with Crippen LogP contribution in [0.5, 0.6) is 23.0 Å². The molecule has 1 amide bonds. The standard InChI is InChI=1S/C28H27ClN2O6S2/c1-17-5-4-6-20(11-17)37-23-10-8-19(29)14-21(23)31-22-15-39(33,34)16-26(22)38-28(31)30-27(32)13-18-7-9-24(35-2)25(12-18)36-3/h4-12,14,22,26H,13,15-16H2,1-3H3/t22-,26+/m1/s1. The SMILES string of the molecule is COc1ccc(CC(=O)N=C2S[C@H]3CS(=O)(=O)C[C@H]3N2c2cc(Cl)ccc2Oc2cccc(C)c2)cc1OC. The third kappa shape index (κ3) is 6.03. The highest BCUT2D eigenvalue weighted by Crippen LogP contribution is 2.45. The molecule has 0 radical (unpaired) electrons. The first-order chi connectivity index (χ1) is 18.7. The Morgan fingerprint density at radius 3 is 2.54 bits per heavy atom. The summed E-state index contributed by atoms with van der Waals surface area (Å²) in [4.78, 5) is 19.4. The number of methoxy groups -OCH3 is 2. The Bertz CT molecular complexity index is 1560. The van der Waals surface area contributed by atoms with E-state index >= 15 is 0 Å². The number of hydrogen-bond donors (Lipinski definition) is 0. The highest BCUT2D eigenvalue weighted by Gasteiger charge is 2.50. The number of aryl methyl sites for hydroxylation is 1. The number of sulfone groups is 1. The van der Waals surface area contributed by atoms with E-state index in [0.29, 0.717) is 44.4 Å². The fraction of sp³-hybridized carbons (Fsp3) is 0.286. The summed E-state index contributed by atoms with van der Waals surface area (Å²) in [5.41, 5.74) is 2.30. The molecule has 3 aromatic rings. The number of carbonyl (C=O) groups excluding carboxylic acids is 1. The van der Waals surface area contributed by atoms with Gasteiger partial charge >= 0.3 is 0 Å². The number of halogens is 1. The lowest BCUT2D eigenvalue weighted by atomic mass is 10.1. The zero-order valence-electron chi connectivity index (χ0n) is 21.6. The summed E-state index contributed by atoms with van der Waals surface area (Å²) in [6, 6.07) is 17.6. The van der Waals surface area contributed by atoms with Crippen LogP contribution in [0.1, 0.15) is 11.1 Å². The molecule has 0 aliphatic carbocycles. The van der Waals surface area contributed by atoms with Crippen LogP contribution in [0.3, 0.4) is 0 Å². The number of benzene rings is 3. The normalized spacial score (nSPS) is 20.6. The van der Waals surface area contributed by atoms with Crippen molar-refractivity contribution in [3.8, 4) is 23.0 Å². The number of fused-ring (bicyclic) bond motifs is 1. The van der Waals surface area contributed by atoms with E-state index in [4.69, 9.17) is 25.8 Å². The van der Waals surface area contributed by atoms with Crippen molar-refractivity contribution in [1.29, 1.82) is 0 Å². The molecule has 0 aromatic heterocycles. The first-order valence-electron chi connectivity index (χ1n) is 12.2. The summed E-state index contributed by atoms with van der Waals surface area (Å²) in [6.07, 6.45) is 0.0358. The van der Waals surface area contributed by atoms with Gasteiger partial charge in [0.05, 0.1) is 43.9 Å². The Labute approximate surface area is 236 Å². The largest absolute Gasteiger partial charge is 0.493 e. The van der Waals surface area contributed by atoms with Crippen LogP contribution in [0.4, 0.5) is 5.69 Å². The monoisotopic (exact) mass is 586 g/mol. The molecular formula is C28H27ClN2O6S2. The minimum absolute atomic E-state index is 0.0103. The van der Waals surface area contributed by atoms with Crippen LogP contribution in [0, 0.1) is 6.92 Å². The van der Waals surface area contributed by atoms with E-state index in [1.54, 1.807) is 48.4 Å². The van der Waals surface area contributed by atoms with Crippen molar-refractivity contribution in [1.82, 2.24) is 0 Å². The Morgan fingerprint density at radius 2 is 1.79 bits per heavy atom. The number of amidine groups is 1. The summed E-state index contributed by atoms with van der Waals surface area (Å²) in [7, 11) is -0.172. The molecule has 0 N–H and O–H groups in total. The Hall–Kier alpha value is -3.21. The van der Waals surface area contributed by atoms with Crippen LogP contribution in [-0.2, 0) is 21.1 Å². The Balaban J connectivity index is 1.50. The molecule has 3 aromatic carbocycles. The lowest BCUT2D eigenvalue weighted by Gasteiger charge is -2.27. The number of nitrogens with zero attached hydrogens (tertiary/aromatic N) is 2. The smallest absolute Gasteiger partial charge is 0.252 e. The molecule has 204 valence electrons. The van der Waals surface area contributed by atoms with E-state index in [2.05, 4.69) is 4.99 Å². The van der Waals surface area contributed by atoms with Crippen LogP contribution in [-0.4, -0.2) is 56.5 Å². The zero-order valence-corrected chi connectivity index (χ0v) is 24.0. The number of anilines is 1. The minimum Gasteiger partial charge on any atom is -0.493 e. The van der Waals surface area contributed by atoms with Crippen LogP contribution >= 0.6 is 23.4 Å². The van der Waals surface area contributed by atoms with Gasteiger partial charge in [-0.2, -0.15) is 4.99 Å². The Kier molecular flexibility index (Phi) is 7.80. The van der Waals surface area contributed by atoms with Crippen LogP contribution in [0.2, 0.25) is 5.02 Å². The third-order valence-electron chi connectivity index (χ3n) is 6.49. The molecule has 2 fully saturated rings. The lowest BCUT2D eigenvalue weighted by molar-refractivity contribution is -0.117. The molecule has 2 saturated heterocycles. The minimum atomic E-state index is -3.25. The maximum absolute atomic E-state index is 13.2. The topological polar surface area (TPSA) is 94.5 Å². The van der Waals surface area contributed by atoms with Crippen molar-refractivity contribution in [2.75, 3.05) is 30.6 Å². The van der Waals surface area contributed by atoms with Gasteiger partial charge in [-0.15, -0.1) is 0 Å². The summed E-state index contributed by atoms with van der Waals surface area (Å²) in [5, 5.41) is 0.599. The second kappa shape index (κ2) is 11.1. The van der Waals surface area contributed by atoms with Gasteiger partial charge in [0, 0.05) is 10.3 Å². The van der Waals surface area contributed by atoms with Crippen molar-refractivity contribution in [2.45, 2.75) is 24.6 Å². The van der Waals surface area contributed by atoms with Crippen molar-refractivity contribution in [3.05, 3.63) is 76.8 Å². The van der Waals surface area contributed by atoms with E-state index in [1.807, 2.05) is 31.2 Å². The second-order valence-corrected chi connectivity index (χ2v) is 13.2. The first kappa shape index (κ1) is 27.4. The molecule has 0 bridgehead atoms. The van der Waals surface area contributed by atoms with Gasteiger partial charge in [0.25, 0.3) is 5.91 Å². The molecule has 0 saturated carbocycles. The second-order valence-electron chi connectivity index (χ2n) is 9.36. The lowest BCUT2D eigenvalue weighted by Crippen LogP contribution is -2.38. The van der Waals surface area contributed by atoms with Gasteiger partial charge in [0.1, 0.15) is 5.75 Å². The molecule has 11 heteroatoms. The summed E-state index contributed by atoms with van der Waals surface area (Å²) >= 11 is 7.70. The number of aliphatic imine (C=N–C) groups is 1. The molecule has 2 heterocycles. The van der Waals surface area contributed by atoms with Gasteiger partial charge in [0.2, 0.25) is 0 Å².